The molecule has 0 saturated carbocycles. The van der Waals surface area contributed by atoms with Gasteiger partial charge in [-0.05, 0) is 35.4 Å². The number of fused-ring (bicyclic) bond motifs is 1. The van der Waals surface area contributed by atoms with Gasteiger partial charge in [0.05, 0.1) is 19.4 Å². The number of carbonyl (C=O) groups is 1. The topological polar surface area (TPSA) is 51.8 Å². The summed E-state index contributed by atoms with van der Waals surface area (Å²) in [6.07, 6.45) is 3.76. The quantitative estimate of drug-likeness (QED) is 0.555. The van der Waals surface area contributed by atoms with Gasteiger partial charge in [0.15, 0.2) is 0 Å². The van der Waals surface area contributed by atoms with E-state index in [1.165, 1.54) is 0 Å². The van der Waals surface area contributed by atoms with Gasteiger partial charge in [-0.25, -0.2) is 4.68 Å². The second-order valence-electron chi connectivity index (χ2n) is 6.80. The molecule has 1 aromatic carbocycles. The van der Waals surface area contributed by atoms with Crippen LogP contribution in [0.25, 0.3) is 22.5 Å². The van der Waals surface area contributed by atoms with Crippen LogP contribution in [0, 0.1) is 0 Å². The molecule has 5 rings (SSSR count). The van der Waals surface area contributed by atoms with E-state index in [2.05, 4.69) is 40.0 Å². The summed E-state index contributed by atoms with van der Waals surface area (Å²) in [5.41, 5.74) is 3.87. The van der Waals surface area contributed by atoms with Gasteiger partial charge < -0.3 is 14.0 Å². The highest BCUT2D eigenvalue weighted by molar-refractivity contribution is 5.93. The molecule has 4 heterocycles. The van der Waals surface area contributed by atoms with Crippen molar-refractivity contribution in [1.82, 2.24) is 19.1 Å². The van der Waals surface area contributed by atoms with Crippen LogP contribution in [0.1, 0.15) is 10.5 Å². The molecular formula is C22H20N4O2. The fourth-order valence-corrected chi connectivity index (χ4v) is 3.64. The van der Waals surface area contributed by atoms with Crippen molar-refractivity contribution in [2.45, 2.75) is 0 Å². The molecule has 1 aliphatic heterocycles. The number of hydrogen-bond donors (Lipinski definition) is 0. The Bertz CT molecular complexity index is 1120. The Hall–Kier alpha value is -3.38. The highest BCUT2D eigenvalue weighted by Gasteiger charge is 2.23. The van der Waals surface area contributed by atoms with Gasteiger partial charge in [0, 0.05) is 24.8 Å². The zero-order valence-electron chi connectivity index (χ0n) is 15.4. The first-order valence-electron chi connectivity index (χ1n) is 9.39. The SMILES string of the molecule is O=C(c1ccnn1-c1ccc2ccc(-c3ccccc3)cn12)N1CCOCC1. The minimum absolute atomic E-state index is 0.0186. The Balaban J connectivity index is 1.57. The van der Waals surface area contributed by atoms with Crippen molar-refractivity contribution in [3.8, 4) is 16.9 Å². The number of ether oxygens (including phenoxy) is 1. The maximum absolute atomic E-state index is 13.0. The molecule has 0 unspecified atom stereocenters. The highest BCUT2D eigenvalue weighted by Crippen LogP contribution is 2.23. The number of pyridine rings is 1. The zero-order chi connectivity index (χ0) is 18.9. The van der Waals surface area contributed by atoms with E-state index in [0.29, 0.717) is 32.0 Å². The molecule has 140 valence electrons. The Labute approximate surface area is 162 Å². The Morgan fingerprint density at radius 1 is 0.893 bits per heavy atom. The lowest BCUT2D eigenvalue weighted by atomic mass is 10.1. The maximum Gasteiger partial charge on any atom is 0.272 e. The van der Waals surface area contributed by atoms with Gasteiger partial charge in [0.25, 0.3) is 5.91 Å². The van der Waals surface area contributed by atoms with Crippen molar-refractivity contribution in [2.75, 3.05) is 26.3 Å². The molecular weight excluding hydrogens is 352 g/mol. The molecule has 1 fully saturated rings. The van der Waals surface area contributed by atoms with Crippen LogP contribution < -0.4 is 0 Å². The van der Waals surface area contributed by atoms with Crippen LogP contribution >= 0.6 is 0 Å². The average Bonchev–Trinajstić information content (AvgIpc) is 3.40. The molecule has 0 spiro atoms. The van der Waals surface area contributed by atoms with Crippen LogP contribution in [-0.2, 0) is 4.74 Å². The molecule has 1 aliphatic rings. The van der Waals surface area contributed by atoms with Crippen molar-refractivity contribution < 1.29 is 9.53 Å². The second-order valence-corrected chi connectivity index (χ2v) is 6.80. The van der Waals surface area contributed by atoms with Gasteiger partial charge in [-0.15, -0.1) is 0 Å². The summed E-state index contributed by atoms with van der Waals surface area (Å²) in [5.74, 6) is 0.823. The number of aromatic nitrogens is 3. The molecule has 28 heavy (non-hydrogen) atoms. The van der Waals surface area contributed by atoms with E-state index >= 15 is 0 Å². The van der Waals surface area contributed by atoms with Crippen LogP contribution in [-0.4, -0.2) is 51.3 Å². The number of amides is 1. The maximum atomic E-state index is 13.0. The van der Waals surface area contributed by atoms with Crippen molar-refractivity contribution in [1.29, 1.82) is 0 Å². The lowest BCUT2D eigenvalue weighted by Gasteiger charge is -2.26. The van der Waals surface area contributed by atoms with Crippen LogP contribution in [0.5, 0.6) is 0 Å². The summed E-state index contributed by atoms with van der Waals surface area (Å²) >= 11 is 0. The number of hydrogen-bond acceptors (Lipinski definition) is 3. The van der Waals surface area contributed by atoms with Gasteiger partial charge in [0.2, 0.25) is 0 Å². The summed E-state index contributed by atoms with van der Waals surface area (Å²) in [6.45, 7) is 2.37. The van der Waals surface area contributed by atoms with E-state index in [0.717, 1.165) is 22.5 Å². The standard InChI is InChI=1S/C22H20N4O2/c27-22(24-12-14-28-15-13-24)20-10-11-23-26(20)21-9-8-19-7-6-18(16-25(19)21)17-4-2-1-3-5-17/h1-11,16H,12-15H2. The summed E-state index contributed by atoms with van der Waals surface area (Å²) in [6, 6.07) is 20.2. The summed E-state index contributed by atoms with van der Waals surface area (Å²) in [7, 11) is 0. The Morgan fingerprint density at radius 3 is 2.50 bits per heavy atom. The third-order valence-corrected chi connectivity index (χ3v) is 5.11. The van der Waals surface area contributed by atoms with Crippen molar-refractivity contribution in [3.05, 3.63) is 78.8 Å². The van der Waals surface area contributed by atoms with E-state index in [1.54, 1.807) is 16.9 Å². The summed E-state index contributed by atoms with van der Waals surface area (Å²) < 4.78 is 9.16. The van der Waals surface area contributed by atoms with Gasteiger partial charge in [-0.3, -0.25) is 4.79 Å². The predicted octanol–water partition coefficient (Wildman–Crippen LogP) is 3.26. The number of carbonyl (C=O) groups excluding carboxylic acids is 1. The van der Waals surface area contributed by atoms with Crippen LogP contribution in [0.15, 0.2) is 73.1 Å². The Morgan fingerprint density at radius 2 is 1.68 bits per heavy atom. The second kappa shape index (κ2) is 6.98. The molecule has 6 nitrogen and oxygen atoms in total. The van der Waals surface area contributed by atoms with Gasteiger partial charge >= 0.3 is 0 Å². The van der Waals surface area contributed by atoms with E-state index in [4.69, 9.17) is 4.74 Å². The van der Waals surface area contributed by atoms with E-state index < -0.39 is 0 Å². The van der Waals surface area contributed by atoms with Gasteiger partial charge in [-0.2, -0.15) is 5.10 Å². The molecule has 4 aromatic rings. The molecule has 6 heteroatoms. The monoisotopic (exact) mass is 372 g/mol. The lowest BCUT2D eigenvalue weighted by Crippen LogP contribution is -2.41. The van der Waals surface area contributed by atoms with Crippen LogP contribution in [0.3, 0.4) is 0 Å². The van der Waals surface area contributed by atoms with E-state index in [1.807, 2.05) is 35.2 Å². The number of benzene rings is 1. The molecule has 0 aliphatic carbocycles. The van der Waals surface area contributed by atoms with Gasteiger partial charge in [-0.1, -0.05) is 36.4 Å². The zero-order valence-corrected chi connectivity index (χ0v) is 15.4. The Kier molecular flexibility index (Phi) is 4.18. The molecule has 0 atom stereocenters. The van der Waals surface area contributed by atoms with Gasteiger partial charge in [0.1, 0.15) is 11.5 Å². The fourth-order valence-electron chi connectivity index (χ4n) is 3.64. The third-order valence-electron chi connectivity index (χ3n) is 5.11. The average molecular weight is 372 g/mol. The molecule has 0 radical (unpaired) electrons. The number of morpholine rings is 1. The largest absolute Gasteiger partial charge is 0.378 e. The summed E-state index contributed by atoms with van der Waals surface area (Å²) in [4.78, 5) is 14.8. The predicted molar refractivity (Wildman–Crippen MR) is 107 cm³/mol. The van der Waals surface area contributed by atoms with Crippen LogP contribution in [0.2, 0.25) is 0 Å². The number of nitrogens with zero attached hydrogens (tertiary/aromatic N) is 4. The smallest absolute Gasteiger partial charge is 0.272 e. The normalized spacial score (nSPS) is 14.5. The molecule has 0 bridgehead atoms. The minimum Gasteiger partial charge on any atom is -0.378 e. The van der Waals surface area contributed by atoms with E-state index in [-0.39, 0.29) is 5.91 Å². The summed E-state index contributed by atoms with van der Waals surface area (Å²) in [5, 5.41) is 4.44. The molecule has 1 amide bonds. The van der Waals surface area contributed by atoms with Crippen molar-refractivity contribution >= 4 is 11.4 Å². The van der Waals surface area contributed by atoms with Crippen LogP contribution in [0.4, 0.5) is 0 Å². The molecule has 3 aromatic heterocycles. The molecule has 0 N–H and O–H groups in total. The minimum atomic E-state index is -0.0186. The van der Waals surface area contributed by atoms with Crippen molar-refractivity contribution in [2.24, 2.45) is 0 Å². The highest BCUT2D eigenvalue weighted by atomic mass is 16.5. The van der Waals surface area contributed by atoms with Crippen molar-refractivity contribution in [3.63, 3.8) is 0 Å². The number of rotatable bonds is 3. The van der Waals surface area contributed by atoms with E-state index in [9.17, 15) is 4.79 Å². The first kappa shape index (κ1) is 16.8. The first-order valence-corrected chi connectivity index (χ1v) is 9.39. The lowest BCUT2D eigenvalue weighted by molar-refractivity contribution is 0.0297. The molecule has 1 saturated heterocycles. The fraction of sp³-hybridized carbons (Fsp3) is 0.182. The third kappa shape index (κ3) is 2.88. The first-order chi connectivity index (χ1) is 13.8.